The van der Waals surface area contributed by atoms with Crippen molar-refractivity contribution in [3.8, 4) is 17.5 Å². The quantitative estimate of drug-likeness (QED) is 0.568. The summed E-state index contributed by atoms with van der Waals surface area (Å²) in [6, 6.07) is 9.05. The van der Waals surface area contributed by atoms with Crippen LogP contribution >= 0.6 is 0 Å². The van der Waals surface area contributed by atoms with Gasteiger partial charge in [0, 0.05) is 30.9 Å². The van der Waals surface area contributed by atoms with E-state index in [-0.39, 0.29) is 12.1 Å². The minimum Gasteiger partial charge on any atom is -0.378 e. The number of fused-ring (bicyclic) bond motifs is 1. The molecule has 1 N–H and O–H groups in total. The lowest BCUT2D eigenvalue weighted by atomic mass is 9.69. The Bertz CT molecular complexity index is 1220. The average molecular weight is 473 g/mol. The molecule has 0 radical (unpaired) electrons. The van der Waals surface area contributed by atoms with Gasteiger partial charge in [0.25, 0.3) is 0 Å². The smallest absolute Gasteiger partial charge is 0.130 e. The fourth-order valence-electron chi connectivity index (χ4n) is 5.58. The van der Waals surface area contributed by atoms with Gasteiger partial charge in [0.2, 0.25) is 0 Å². The first-order valence-corrected chi connectivity index (χ1v) is 12.8. The van der Waals surface area contributed by atoms with Crippen LogP contribution in [0.4, 0.5) is 5.82 Å². The lowest BCUT2D eigenvalue weighted by molar-refractivity contribution is 0.0128. The lowest BCUT2D eigenvalue weighted by Crippen LogP contribution is -2.44. The van der Waals surface area contributed by atoms with Crippen molar-refractivity contribution in [2.45, 2.75) is 63.0 Å². The van der Waals surface area contributed by atoms with Crippen molar-refractivity contribution in [1.82, 2.24) is 20.2 Å². The Kier molecular flexibility index (Phi) is 5.91. The van der Waals surface area contributed by atoms with Crippen molar-refractivity contribution < 1.29 is 9.47 Å². The summed E-state index contributed by atoms with van der Waals surface area (Å²) in [5.74, 6) is 1.65. The van der Waals surface area contributed by atoms with Crippen LogP contribution in [0.5, 0.6) is 0 Å². The number of pyridine rings is 2. The molecule has 0 amide bonds. The zero-order valence-electron chi connectivity index (χ0n) is 20.2. The van der Waals surface area contributed by atoms with E-state index < -0.39 is 5.41 Å². The largest absolute Gasteiger partial charge is 0.378 e. The van der Waals surface area contributed by atoms with Crippen LogP contribution in [0.15, 0.2) is 30.6 Å². The molecule has 6 rings (SSSR count). The number of anilines is 1. The molecule has 35 heavy (non-hydrogen) atoms. The van der Waals surface area contributed by atoms with E-state index in [0.29, 0.717) is 13.2 Å². The van der Waals surface area contributed by atoms with E-state index >= 15 is 0 Å². The lowest BCUT2D eigenvalue weighted by Gasteiger charge is -2.38. The van der Waals surface area contributed by atoms with E-state index in [2.05, 4.69) is 39.1 Å². The number of rotatable bonds is 6. The van der Waals surface area contributed by atoms with Gasteiger partial charge in [-0.3, -0.25) is 10.1 Å². The first kappa shape index (κ1) is 22.4. The minimum atomic E-state index is -0.572. The standard InChI is InChI=1S/C27H32N6O2/c1-18-15-34-13-12-33(18)24-14-22(21-6-10-29-26(25(21)31-24)23-7-11-30-32-23)27(17-28)8-4-20(5-9-27)35-16-19-2-3-19/h6-7,10-11,14,18-20H,2-5,8-9,12-13,15-16H2,1H3,(H,30,32)/t18-,20?,27?/m1/s1. The summed E-state index contributed by atoms with van der Waals surface area (Å²) in [6.45, 7) is 5.14. The van der Waals surface area contributed by atoms with Crippen LogP contribution in [0.1, 0.15) is 51.0 Å². The Morgan fingerprint density at radius 2 is 2.09 bits per heavy atom. The normalized spacial score (nSPS) is 27.1. The van der Waals surface area contributed by atoms with Crippen molar-refractivity contribution in [2.24, 2.45) is 5.92 Å². The van der Waals surface area contributed by atoms with Gasteiger partial charge < -0.3 is 14.4 Å². The summed E-state index contributed by atoms with van der Waals surface area (Å²) in [5.41, 5.74) is 2.88. The first-order chi connectivity index (χ1) is 17.2. The molecule has 0 unspecified atom stereocenters. The topological polar surface area (TPSA) is 100.0 Å². The summed E-state index contributed by atoms with van der Waals surface area (Å²) in [5, 5.41) is 18.8. The van der Waals surface area contributed by atoms with Gasteiger partial charge >= 0.3 is 0 Å². The maximum absolute atomic E-state index is 10.6. The molecule has 3 aliphatic rings. The maximum Gasteiger partial charge on any atom is 0.130 e. The molecule has 182 valence electrons. The number of morpholine rings is 1. The molecule has 0 bridgehead atoms. The molecule has 4 heterocycles. The summed E-state index contributed by atoms with van der Waals surface area (Å²) in [4.78, 5) is 12.1. The van der Waals surface area contributed by atoms with E-state index in [1.807, 2.05) is 18.3 Å². The monoisotopic (exact) mass is 472 g/mol. The number of hydrogen-bond acceptors (Lipinski definition) is 7. The Labute approximate surface area is 205 Å². The molecule has 8 heteroatoms. The number of H-pyrrole nitrogens is 1. The van der Waals surface area contributed by atoms with Crippen molar-refractivity contribution in [2.75, 3.05) is 31.3 Å². The number of aromatic nitrogens is 4. The van der Waals surface area contributed by atoms with Gasteiger partial charge in [-0.15, -0.1) is 0 Å². The van der Waals surface area contributed by atoms with Gasteiger partial charge in [-0.1, -0.05) is 0 Å². The van der Waals surface area contributed by atoms with E-state index in [4.69, 9.17) is 14.5 Å². The van der Waals surface area contributed by atoms with Gasteiger partial charge in [-0.05, 0) is 75.1 Å². The SMILES string of the molecule is C[C@@H]1COCCN1c1cc(C2(C#N)CCC(OCC3CC3)CC2)c2ccnc(-c3ccn[nH]3)c2n1. The van der Waals surface area contributed by atoms with Gasteiger partial charge in [0.15, 0.2) is 0 Å². The van der Waals surface area contributed by atoms with Crippen LogP contribution in [0.3, 0.4) is 0 Å². The summed E-state index contributed by atoms with van der Waals surface area (Å²) in [7, 11) is 0. The van der Waals surface area contributed by atoms with Gasteiger partial charge in [-0.2, -0.15) is 10.4 Å². The van der Waals surface area contributed by atoms with Gasteiger partial charge in [0.05, 0.1) is 42.5 Å². The third-order valence-electron chi connectivity index (χ3n) is 7.91. The Morgan fingerprint density at radius 3 is 2.80 bits per heavy atom. The summed E-state index contributed by atoms with van der Waals surface area (Å²) < 4.78 is 11.9. The molecule has 3 aromatic rings. The van der Waals surface area contributed by atoms with Crippen LogP contribution in [0, 0.1) is 17.2 Å². The van der Waals surface area contributed by atoms with Crippen LogP contribution in [0.25, 0.3) is 22.3 Å². The summed E-state index contributed by atoms with van der Waals surface area (Å²) >= 11 is 0. The molecule has 3 fully saturated rings. The van der Waals surface area contributed by atoms with Crippen molar-refractivity contribution in [3.05, 3.63) is 36.2 Å². The highest BCUT2D eigenvalue weighted by Gasteiger charge is 2.40. The minimum absolute atomic E-state index is 0.207. The maximum atomic E-state index is 10.6. The molecule has 8 nitrogen and oxygen atoms in total. The molecule has 2 aliphatic carbocycles. The molecule has 3 aromatic heterocycles. The molecule has 1 atom stereocenters. The predicted molar refractivity (Wildman–Crippen MR) is 133 cm³/mol. The highest BCUT2D eigenvalue weighted by molar-refractivity contribution is 5.94. The number of ether oxygens (including phenoxy) is 2. The summed E-state index contributed by atoms with van der Waals surface area (Å²) in [6.07, 6.45) is 9.79. The molecule has 0 spiro atoms. The Hall–Kier alpha value is -3.02. The molecular formula is C27H32N6O2. The second-order valence-electron chi connectivity index (χ2n) is 10.3. The van der Waals surface area contributed by atoms with Crippen LogP contribution in [-0.2, 0) is 14.9 Å². The molecular weight excluding hydrogens is 440 g/mol. The highest BCUT2D eigenvalue weighted by Crippen LogP contribution is 2.45. The van der Waals surface area contributed by atoms with E-state index in [1.54, 1.807) is 6.20 Å². The predicted octanol–water partition coefficient (Wildman–Crippen LogP) is 4.38. The second-order valence-corrected chi connectivity index (χ2v) is 10.3. The van der Waals surface area contributed by atoms with Crippen molar-refractivity contribution in [1.29, 1.82) is 5.26 Å². The van der Waals surface area contributed by atoms with Crippen molar-refractivity contribution >= 4 is 16.7 Å². The third-order valence-corrected chi connectivity index (χ3v) is 7.91. The second kappa shape index (κ2) is 9.21. The zero-order valence-corrected chi connectivity index (χ0v) is 20.2. The number of aromatic amines is 1. The first-order valence-electron chi connectivity index (χ1n) is 12.8. The van der Waals surface area contributed by atoms with E-state index in [9.17, 15) is 5.26 Å². The molecule has 0 aromatic carbocycles. The average Bonchev–Trinajstić information content (AvgIpc) is 3.57. The van der Waals surface area contributed by atoms with E-state index in [0.717, 1.165) is 78.4 Å². The third kappa shape index (κ3) is 4.28. The van der Waals surface area contributed by atoms with Crippen molar-refractivity contribution in [3.63, 3.8) is 0 Å². The van der Waals surface area contributed by atoms with Gasteiger partial charge in [0.1, 0.15) is 17.0 Å². The van der Waals surface area contributed by atoms with Crippen LogP contribution in [0.2, 0.25) is 0 Å². The van der Waals surface area contributed by atoms with Crippen LogP contribution < -0.4 is 4.90 Å². The number of nitrogens with one attached hydrogen (secondary N) is 1. The Balaban J connectivity index is 1.43. The highest BCUT2D eigenvalue weighted by atomic mass is 16.5. The molecule has 1 aliphatic heterocycles. The zero-order chi connectivity index (χ0) is 23.8. The number of nitrogens with zero attached hydrogens (tertiary/aromatic N) is 5. The van der Waals surface area contributed by atoms with Gasteiger partial charge in [-0.25, -0.2) is 4.98 Å². The number of nitriles is 1. The number of hydrogen-bond donors (Lipinski definition) is 1. The fourth-order valence-corrected chi connectivity index (χ4v) is 5.58. The molecule has 2 saturated carbocycles. The van der Waals surface area contributed by atoms with Crippen LogP contribution in [-0.4, -0.2) is 58.7 Å². The Morgan fingerprint density at radius 1 is 1.23 bits per heavy atom. The van der Waals surface area contributed by atoms with E-state index in [1.165, 1.54) is 12.8 Å². The fraction of sp³-hybridized carbons (Fsp3) is 0.556. The molecule has 1 saturated heterocycles.